The first-order chi connectivity index (χ1) is 13.2. The Morgan fingerprint density at radius 3 is 2.78 bits per heavy atom. The number of ether oxygens (including phenoxy) is 3. The Kier molecular flexibility index (Phi) is 4.38. The van der Waals surface area contributed by atoms with E-state index in [1.165, 1.54) is 0 Å². The smallest absolute Gasteiger partial charge is 0.265 e. The van der Waals surface area contributed by atoms with Crippen LogP contribution in [0, 0.1) is 0 Å². The Morgan fingerprint density at radius 1 is 1.11 bits per heavy atom. The van der Waals surface area contributed by atoms with E-state index < -0.39 is 6.10 Å². The summed E-state index contributed by atoms with van der Waals surface area (Å²) in [5.41, 5.74) is 1.00. The molecule has 136 valence electrons. The second-order valence-corrected chi connectivity index (χ2v) is 6.13. The molecule has 27 heavy (non-hydrogen) atoms. The summed E-state index contributed by atoms with van der Waals surface area (Å²) in [6.45, 7) is 1.80. The van der Waals surface area contributed by atoms with Crippen molar-refractivity contribution in [2.45, 2.75) is 13.0 Å². The van der Waals surface area contributed by atoms with Gasteiger partial charge < -0.3 is 19.5 Å². The normalized spacial score (nSPS) is 13.2. The van der Waals surface area contributed by atoms with Crippen LogP contribution in [-0.4, -0.2) is 25.1 Å². The molecule has 3 aromatic carbocycles. The van der Waals surface area contributed by atoms with Gasteiger partial charge in [-0.3, -0.25) is 9.59 Å². The molecule has 3 aromatic rings. The number of amides is 1. The van der Waals surface area contributed by atoms with E-state index in [1.54, 1.807) is 31.2 Å². The molecule has 1 N–H and O–H groups in total. The number of hydrogen-bond donors (Lipinski definition) is 1. The second-order valence-electron chi connectivity index (χ2n) is 6.13. The molecule has 1 aliphatic heterocycles. The Hall–Kier alpha value is -3.54. The molecule has 1 atom stereocenters. The highest BCUT2D eigenvalue weighted by molar-refractivity contribution is 6.01. The summed E-state index contributed by atoms with van der Waals surface area (Å²) in [7, 11) is 0. The van der Waals surface area contributed by atoms with Crippen molar-refractivity contribution in [3.05, 3.63) is 60.2 Å². The van der Waals surface area contributed by atoms with E-state index in [0.717, 1.165) is 17.1 Å². The van der Waals surface area contributed by atoms with Gasteiger partial charge >= 0.3 is 0 Å². The predicted octanol–water partition coefficient (Wildman–Crippen LogP) is 3.79. The summed E-state index contributed by atoms with van der Waals surface area (Å²) in [5, 5.41) is 4.50. The van der Waals surface area contributed by atoms with Crippen LogP contribution < -0.4 is 19.5 Å². The molecule has 6 heteroatoms. The van der Waals surface area contributed by atoms with Gasteiger partial charge in [0.2, 0.25) is 6.79 Å². The molecule has 0 fully saturated rings. The Labute approximate surface area is 155 Å². The van der Waals surface area contributed by atoms with Crippen LogP contribution in [0.25, 0.3) is 10.8 Å². The quantitative estimate of drug-likeness (QED) is 0.698. The van der Waals surface area contributed by atoms with E-state index >= 15 is 0 Å². The molecule has 1 heterocycles. The SMILES string of the molecule is C[C@H](Oc1ccc2ccccc2c1C=O)C(=O)Nc1ccc2c(c1)OCO2. The van der Waals surface area contributed by atoms with Crippen LogP contribution in [0.15, 0.2) is 54.6 Å². The van der Waals surface area contributed by atoms with Gasteiger partial charge in [0.25, 0.3) is 5.91 Å². The minimum Gasteiger partial charge on any atom is -0.480 e. The average molecular weight is 363 g/mol. The van der Waals surface area contributed by atoms with Crippen molar-refractivity contribution < 1.29 is 23.8 Å². The maximum atomic E-state index is 12.5. The minimum atomic E-state index is -0.796. The van der Waals surface area contributed by atoms with Gasteiger partial charge in [0.1, 0.15) is 5.75 Å². The lowest BCUT2D eigenvalue weighted by atomic mass is 10.0. The van der Waals surface area contributed by atoms with E-state index in [1.807, 2.05) is 30.3 Å². The fraction of sp³-hybridized carbons (Fsp3) is 0.143. The van der Waals surface area contributed by atoms with Crippen molar-refractivity contribution >= 4 is 28.7 Å². The maximum Gasteiger partial charge on any atom is 0.265 e. The Balaban J connectivity index is 1.51. The molecule has 0 aromatic heterocycles. The highest BCUT2D eigenvalue weighted by atomic mass is 16.7. The van der Waals surface area contributed by atoms with E-state index in [4.69, 9.17) is 14.2 Å². The molecule has 0 aliphatic carbocycles. The zero-order valence-electron chi connectivity index (χ0n) is 14.6. The van der Waals surface area contributed by atoms with Crippen molar-refractivity contribution in [3.8, 4) is 17.2 Å². The fourth-order valence-corrected chi connectivity index (χ4v) is 2.96. The highest BCUT2D eigenvalue weighted by Gasteiger charge is 2.19. The first kappa shape index (κ1) is 16.9. The zero-order valence-corrected chi connectivity index (χ0v) is 14.6. The van der Waals surface area contributed by atoms with E-state index in [9.17, 15) is 9.59 Å². The van der Waals surface area contributed by atoms with Crippen LogP contribution in [0.1, 0.15) is 17.3 Å². The summed E-state index contributed by atoms with van der Waals surface area (Å²) >= 11 is 0. The molecule has 1 amide bonds. The summed E-state index contributed by atoms with van der Waals surface area (Å²) < 4.78 is 16.3. The molecule has 0 spiro atoms. The topological polar surface area (TPSA) is 73.9 Å². The maximum absolute atomic E-state index is 12.5. The zero-order chi connectivity index (χ0) is 18.8. The van der Waals surface area contributed by atoms with E-state index in [0.29, 0.717) is 28.5 Å². The number of benzene rings is 3. The van der Waals surface area contributed by atoms with Crippen LogP contribution >= 0.6 is 0 Å². The van der Waals surface area contributed by atoms with Crippen molar-refractivity contribution in [3.63, 3.8) is 0 Å². The molecule has 4 rings (SSSR count). The van der Waals surface area contributed by atoms with Crippen LogP contribution in [0.4, 0.5) is 5.69 Å². The summed E-state index contributed by atoms with van der Waals surface area (Å²) in [4.78, 5) is 24.1. The number of hydrogen-bond acceptors (Lipinski definition) is 5. The average Bonchev–Trinajstić information content (AvgIpc) is 3.15. The fourth-order valence-electron chi connectivity index (χ4n) is 2.96. The van der Waals surface area contributed by atoms with Gasteiger partial charge in [-0.15, -0.1) is 0 Å². The third-order valence-corrected chi connectivity index (χ3v) is 4.36. The standard InChI is InChI=1S/C21H17NO5/c1-13(21(24)22-15-7-9-19-20(10-15)26-12-25-19)27-18-8-6-14-4-2-3-5-16(14)17(18)11-23/h2-11,13H,12H2,1H3,(H,22,24)/t13-/m0/s1. The number of fused-ring (bicyclic) bond motifs is 2. The molecular formula is C21H17NO5. The van der Waals surface area contributed by atoms with Gasteiger partial charge in [-0.2, -0.15) is 0 Å². The lowest BCUT2D eigenvalue weighted by Gasteiger charge is -2.17. The van der Waals surface area contributed by atoms with Gasteiger partial charge in [-0.25, -0.2) is 0 Å². The van der Waals surface area contributed by atoms with Crippen molar-refractivity contribution in [2.75, 3.05) is 12.1 Å². The molecular weight excluding hydrogens is 346 g/mol. The molecule has 1 aliphatic rings. The monoisotopic (exact) mass is 363 g/mol. The number of carbonyl (C=O) groups is 2. The summed E-state index contributed by atoms with van der Waals surface area (Å²) in [6, 6.07) is 16.2. The molecule has 0 unspecified atom stereocenters. The second kappa shape index (κ2) is 6.99. The lowest BCUT2D eigenvalue weighted by molar-refractivity contribution is -0.122. The molecule has 0 saturated carbocycles. The number of carbonyl (C=O) groups excluding carboxylic acids is 2. The first-order valence-corrected chi connectivity index (χ1v) is 8.50. The molecule has 0 bridgehead atoms. The van der Waals surface area contributed by atoms with E-state index in [-0.39, 0.29) is 12.7 Å². The number of rotatable bonds is 5. The largest absolute Gasteiger partial charge is 0.480 e. The molecule has 0 radical (unpaired) electrons. The van der Waals surface area contributed by atoms with Crippen LogP contribution in [0.3, 0.4) is 0 Å². The van der Waals surface area contributed by atoms with Gasteiger partial charge in [-0.1, -0.05) is 30.3 Å². The Bertz CT molecular complexity index is 1030. The predicted molar refractivity (Wildman–Crippen MR) is 101 cm³/mol. The summed E-state index contributed by atoms with van der Waals surface area (Å²) in [6.07, 6.45) is -0.0459. The summed E-state index contributed by atoms with van der Waals surface area (Å²) in [5.74, 6) is 1.26. The van der Waals surface area contributed by atoms with Gasteiger partial charge in [0, 0.05) is 11.8 Å². The highest BCUT2D eigenvalue weighted by Crippen LogP contribution is 2.34. The van der Waals surface area contributed by atoms with Gasteiger partial charge in [0.05, 0.1) is 5.56 Å². The lowest BCUT2D eigenvalue weighted by Crippen LogP contribution is -2.30. The Morgan fingerprint density at radius 2 is 1.93 bits per heavy atom. The van der Waals surface area contributed by atoms with Crippen LogP contribution in [0.2, 0.25) is 0 Å². The number of anilines is 1. The van der Waals surface area contributed by atoms with Crippen LogP contribution in [-0.2, 0) is 4.79 Å². The molecule has 6 nitrogen and oxygen atoms in total. The number of aldehydes is 1. The van der Waals surface area contributed by atoms with Crippen molar-refractivity contribution in [1.82, 2.24) is 0 Å². The van der Waals surface area contributed by atoms with E-state index in [2.05, 4.69) is 5.32 Å². The number of nitrogens with one attached hydrogen (secondary N) is 1. The molecule has 0 saturated heterocycles. The van der Waals surface area contributed by atoms with Crippen LogP contribution in [0.5, 0.6) is 17.2 Å². The van der Waals surface area contributed by atoms with Gasteiger partial charge in [-0.05, 0) is 35.9 Å². The van der Waals surface area contributed by atoms with Crippen molar-refractivity contribution in [2.24, 2.45) is 0 Å². The van der Waals surface area contributed by atoms with Gasteiger partial charge in [0.15, 0.2) is 23.9 Å². The minimum absolute atomic E-state index is 0.169. The third-order valence-electron chi connectivity index (χ3n) is 4.36. The third kappa shape index (κ3) is 3.29. The first-order valence-electron chi connectivity index (χ1n) is 8.50. The van der Waals surface area contributed by atoms with Crippen molar-refractivity contribution in [1.29, 1.82) is 0 Å².